The largest absolute Gasteiger partial charge is 0.435 e. The van der Waals surface area contributed by atoms with Gasteiger partial charge in [0.1, 0.15) is 0 Å². The van der Waals surface area contributed by atoms with E-state index >= 15 is 0 Å². The highest BCUT2D eigenvalue weighted by Crippen LogP contribution is 2.54. The lowest BCUT2D eigenvalue weighted by Crippen LogP contribution is -2.68. The second kappa shape index (κ2) is 6.46. The molecule has 0 aromatic heterocycles. The fourth-order valence-corrected chi connectivity index (χ4v) is 1.68. The Balaban J connectivity index is 2.90. The number of benzene rings is 1. The van der Waals surface area contributed by atoms with Crippen LogP contribution in [0.2, 0.25) is 0 Å². The van der Waals surface area contributed by atoms with Crippen LogP contribution in [-0.4, -0.2) is 37.3 Å². The number of halogens is 9. The summed E-state index contributed by atoms with van der Waals surface area (Å²) in [6.07, 6.45) is -20.1. The first-order valence-corrected chi connectivity index (χ1v) is 5.96. The number of rotatable bonds is 5. The van der Waals surface area contributed by atoms with Crippen LogP contribution in [0.25, 0.3) is 0 Å². The summed E-state index contributed by atoms with van der Waals surface area (Å²) in [5.74, 6) is 0. The van der Waals surface area contributed by atoms with E-state index in [1.165, 1.54) is 24.3 Å². The Morgan fingerprint density at radius 3 is 1.57 bits per heavy atom. The van der Waals surface area contributed by atoms with Crippen molar-refractivity contribution < 1.29 is 44.3 Å². The molecule has 0 bridgehead atoms. The van der Waals surface area contributed by atoms with E-state index in [9.17, 15) is 39.5 Å². The maximum Gasteiger partial charge on any atom is 0.435 e. The molecule has 11 heteroatoms. The summed E-state index contributed by atoms with van der Waals surface area (Å²) in [4.78, 5) is 0. The molecule has 0 unspecified atom stereocenters. The molecule has 0 spiro atoms. The van der Waals surface area contributed by atoms with Crippen molar-refractivity contribution in [1.29, 1.82) is 0 Å². The molecule has 0 atom stereocenters. The maximum atomic E-state index is 12.5. The van der Waals surface area contributed by atoms with Gasteiger partial charge in [-0.25, -0.2) is 0 Å². The summed E-state index contributed by atoms with van der Waals surface area (Å²) >= 11 is 0. The highest BCUT2D eigenvalue weighted by molar-refractivity contribution is 5.42. The molecule has 0 aliphatic carbocycles. The first-order chi connectivity index (χ1) is 10.3. The molecule has 2 nitrogen and oxygen atoms in total. The van der Waals surface area contributed by atoms with Crippen LogP contribution in [0.1, 0.15) is 0 Å². The Hall–Kier alpha value is -1.65. The Labute approximate surface area is 124 Å². The van der Waals surface area contributed by atoms with Crippen LogP contribution in [-0.2, 0) is 4.74 Å². The number of ether oxygens (including phenoxy) is 1. The minimum Gasteiger partial charge on any atom is -0.383 e. The predicted molar refractivity (Wildman–Crippen MR) is 61.8 cm³/mol. The summed E-state index contributed by atoms with van der Waals surface area (Å²) in [7, 11) is 0. The fourth-order valence-electron chi connectivity index (χ4n) is 1.68. The summed E-state index contributed by atoms with van der Waals surface area (Å²) in [5.41, 5.74) is -5.93. The number of anilines is 1. The van der Waals surface area contributed by atoms with Crippen molar-refractivity contribution in [3.63, 3.8) is 0 Å². The summed E-state index contributed by atoms with van der Waals surface area (Å²) in [6.45, 7) is -2.15. The van der Waals surface area contributed by atoms with Gasteiger partial charge in [0.2, 0.25) is 0 Å². The average molecular weight is 355 g/mol. The molecule has 132 valence electrons. The van der Waals surface area contributed by atoms with Gasteiger partial charge in [-0.3, -0.25) is 0 Å². The molecule has 0 saturated carbocycles. The van der Waals surface area contributed by atoms with Gasteiger partial charge in [-0.2, -0.15) is 39.5 Å². The summed E-state index contributed by atoms with van der Waals surface area (Å²) in [5, 5.41) is 2.34. The lowest BCUT2D eigenvalue weighted by Gasteiger charge is -2.38. The van der Waals surface area contributed by atoms with Crippen LogP contribution >= 0.6 is 0 Å². The van der Waals surface area contributed by atoms with Crippen LogP contribution < -0.4 is 5.32 Å². The average Bonchev–Trinajstić information content (AvgIpc) is 2.35. The SMILES string of the molecule is FC(F)(F)C(OCCNc1ccccc1)(C(F)(F)F)C(F)(F)F. The molecule has 0 heterocycles. The fraction of sp³-hybridized carbons (Fsp3) is 0.500. The van der Waals surface area contributed by atoms with Crippen molar-refractivity contribution in [2.24, 2.45) is 0 Å². The Morgan fingerprint density at radius 1 is 0.739 bits per heavy atom. The van der Waals surface area contributed by atoms with Crippen molar-refractivity contribution >= 4 is 5.69 Å². The van der Waals surface area contributed by atoms with Gasteiger partial charge in [0.15, 0.2) is 0 Å². The van der Waals surface area contributed by atoms with Gasteiger partial charge >= 0.3 is 24.1 Å². The number of alkyl halides is 9. The van der Waals surface area contributed by atoms with E-state index in [4.69, 9.17) is 0 Å². The van der Waals surface area contributed by atoms with E-state index in [1.807, 2.05) is 0 Å². The number of hydrogen-bond donors (Lipinski definition) is 1. The molecule has 1 rings (SSSR count). The van der Waals surface area contributed by atoms with Crippen LogP contribution in [0, 0.1) is 0 Å². The van der Waals surface area contributed by atoms with E-state index in [-0.39, 0.29) is 0 Å². The van der Waals surface area contributed by atoms with Crippen molar-refractivity contribution in [1.82, 2.24) is 0 Å². The third kappa shape index (κ3) is 4.01. The maximum absolute atomic E-state index is 12.5. The first-order valence-electron chi connectivity index (χ1n) is 5.96. The zero-order valence-electron chi connectivity index (χ0n) is 11.1. The second-order valence-electron chi connectivity index (χ2n) is 4.32. The highest BCUT2D eigenvalue weighted by Gasteiger charge is 2.85. The zero-order chi connectivity index (χ0) is 17.9. The van der Waals surface area contributed by atoms with Gasteiger partial charge in [-0.05, 0) is 12.1 Å². The minimum atomic E-state index is -6.71. The molecule has 1 N–H and O–H groups in total. The molecular formula is C12H10F9NO. The van der Waals surface area contributed by atoms with Gasteiger partial charge in [0, 0.05) is 12.2 Å². The van der Waals surface area contributed by atoms with Crippen molar-refractivity contribution in [3.8, 4) is 0 Å². The van der Waals surface area contributed by atoms with Gasteiger partial charge in [0.05, 0.1) is 6.61 Å². The van der Waals surface area contributed by atoms with Gasteiger partial charge in [0.25, 0.3) is 0 Å². The molecule has 0 aliphatic rings. The second-order valence-corrected chi connectivity index (χ2v) is 4.32. The topological polar surface area (TPSA) is 21.3 Å². The molecule has 0 fully saturated rings. The smallest absolute Gasteiger partial charge is 0.383 e. The Bertz CT molecular complexity index is 456. The molecule has 23 heavy (non-hydrogen) atoms. The van der Waals surface area contributed by atoms with Crippen LogP contribution in [0.3, 0.4) is 0 Å². The van der Waals surface area contributed by atoms with Crippen LogP contribution in [0.15, 0.2) is 30.3 Å². The molecule has 0 aliphatic heterocycles. The van der Waals surface area contributed by atoms with Gasteiger partial charge in [-0.15, -0.1) is 0 Å². The minimum absolute atomic E-state index is 0.299. The monoisotopic (exact) mass is 355 g/mol. The molecule has 1 aromatic carbocycles. The van der Waals surface area contributed by atoms with E-state index in [1.54, 1.807) is 6.07 Å². The number of hydrogen-bond acceptors (Lipinski definition) is 2. The summed E-state index contributed by atoms with van der Waals surface area (Å²) in [6, 6.07) is 7.45. The quantitative estimate of drug-likeness (QED) is 0.619. The summed E-state index contributed by atoms with van der Waals surface area (Å²) < 4.78 is 116. The van der Waals surface area contributed by atoms with E-state index in [0.717, 1.165) is 0 Å². The third-order valence-corrected chi connectivity index (χ3v) is 2.72. The normalized spacial score (nSPS) is 14.0. The lowest BCUT2D eigenvalue weighted by atomic mass is 10.0. The first kappa shape index (κ1) is 19.4. The Kier molecular flexibility index (Phi) is 5.45. The zero-order valence-corrected chi connectivity index (χ0v) is 11.1. The van der Waals surface area contributed by atoms with Crippen molar-refractivity contribution in [2.45, 2.75) is 24.1 Å². The van der Waals surface area contributed by atoms with Crippen LogP contribution in [0.4, 0.5) is 45.2 Å². The molecular weight excluding hydrogens is 345 g/mol. The molecule has 1 aromatic rings. The van der Waals surface area contributed by atoms with Crippen LogP contribution in [0.5, 0.6) is 0 Å². The standard InChI is InChI=1S/C12H10F9NO/c13-10(14,15)9(11(16,17)18,12(19,20)21)23-7-6-22-8-4-2-1-3-5-8/h1-5,22H,6-7H2. The van der Waals surface area contributed by atoms with Crippen molar-refractivity contribution in [2.75, 3.05) is 18.5 Å². The van der Waals surface area contributed by atoms with E-state index in [0.29, 0.717) is 5.69 Å². The van der Waals surface area contributed by atoms with E-state index in [2.05, 4.69) is 10.1 Å². The molecule has 0 saturated heterocycles. The Morgan fingerprint density at radius 2 is 1.17 bits per heavy atom. The third-order valence-electron chi connectivity index (χ3n) is 2.72. The number of nitrogens with one attached hydrogen (secondary N) is 1. The number of para-hydroxylation sites is 1. The lowest BCUT2D eigenvalue weighted by molar-refractivity contribution is -0.456. The highest BCUT2D eigenvalue weighted by atomic mass is 19.4. The van der Waals surface area contributed by atoms with Gasteiger partial charge in [-0.1, -0.05) is 18.2 Å². The molecule has 0 amide bonds. The predicted octanol–water partition coefficient (Wildman–Crippen LogP) is 4.54. The van der Waals surface area contributed by atoms with Gasteiger partial charge < -0.3 is 10.1 Å². The van der Waals surface area contributed by atoms with Crippen molar-refractivity contribution in [3.05, 3.63) is 30.3 Å². The van der Waals surface area contributed by atoms with E-state index < -0.39 is 37.3 Å². The molecule has 0 radical (unpaired) electrons.